The molecule has 0 fully saturated rings. The van der Waals surface area contributed by atoms with E-state index in [0.717, 1.165) is 11.3 Å². The lowest BCUT2D eigenvalue weighted by Gasteiger charge is -2.26. The van der Waals surface area contributed by atoms with E-state index < -0.39 is 0 Å². The predicted octanol–water partition coefficient (Wildman–Crippen LogP) is 0.305. The normalized spacial score (nSPS) is 10.7. The van der Waals surface area contributed by atoms with E-state index in [4.69, 9.17) is 15.9 Å². The van der Waals surface area contributed by atoms with E-state index in [0.29, 0.717) is 25.3 Å². The van der Waals surface area contributed by atoms with E-state index in [1.54, 1.807) is 12.5 Å². The topological polar surface area (TPSA) is 87.5 Å². The maximum atomic E-state index is 9.16. The van der Waals surface area contributed by atoms with Gasteiger partial charge in [-0.25, -0.2) is 4.98 Å². The summed E-state index contributed by atoms with van der Waals surface area (Å²) in [6, 6.07) is 5.67. The van der Waals surface area contributed by atoms with Crippen molar-refractivity contribution in [1.82, 2.24) is 9.55 Å². The van der Waals surface area contributed by atoms with Crippen LogP contribution in [0.2, 0.25) is 0 Å². The van der Waals surface area contributed by atoms with Crippen LogP contribution < -0.4 is 10.6 Å². The molecule has 1 aromatic carbocycles. The van der Waals surface area contributed by atoms with Crippen LogP contribution in [0.15, 0.2) is 36.9 Å². The molecule has 0 saturated heterocycles. The molecule has 0 unspecified atom stereocenters. The van der Waals surface area contributed by atoms with Gasteiger partial charge in [-0.05, 0) is 23.8 Å². The van der Waals surface area contributed by atoms with E-state index in [9.17, 15) is 0 Å². The number of benzene rings is 1. The molecule has 1 aromatic heterocycles. The van der Waals surface area contributed by atoms with Crippen LogP contribution in [-0.4, -0.2) is 46.1 Å². The molecular formula is C14H20N4O2. The summed E-state index contributed by atoms with van der Waals surface area (Å²) in [6.45, 7) is 1.67. The first-order valence-corrected chi connectivity index (χ1v) is 6.55. The summed E-state index contributed by atoms with van der Waals surface area (Å²) in [6.07, 6.45) is 5.36. The number of anilines is 2. The van der Waals surface area contributed by atoms with Crippen molar-refractivity contribution in [3.8, 4) is 0 Å². The van der Waals surface area contributed by atoms with Crippen molar-refractivity contribution in [2.24, 2.45) is 0 Å². The van der Waals surface area contributed by atoms with Crippen LogP contribution in [0.5, 0.6) is 0 Å². The molecule has 1 heterocycles. The molecule has 0 amide bonds. The summed E-state index contributed by atoms with van der Waals surface area (Å²) in [4.78, 5) is 5.98. The zero-order valence-electron chi connectivity index (χ0n) is 11.3. The number of hydrogen-bond acceptors (Lipinski definition) is 5. The molecule has 0 bridgehead atoms. The van der Waals surface area contributed by atoms with Crippen LogP contribution in [0.1, 0.15) is 5.56 Å². The van der Waals surface area contributed by atoms with Crippen LogP contribution in [-0.2, 0) is 6.54 Å². The Kier molecular flexibility index (Phi) is 4.97. The highest BCUT2D eigenvalue weighted by Crippen LogP contribution is 2.24. The summed E-state index contributed by atoms with van der Waals surface area (Å²) in [5.41, 5.74) is 8.55. The largest absolute Gasteiger partial charge is 0.399 e. The monoisotopic (exact) mass is 276 g/mol. The fourth-order valence-electron chi connectivity index (χ4n) is 2.21. The van der Waals surface area contributed by atoms with Gasteiger partial charge in [0, 0.05) is 36.9 Å². The number of aromatic nitrogens is 2. The Bertz CT molecular complexity index is 522. The third-order valence-corrected chi connectivity index (χ3v) is 3.10. The van der Waals surface area contributed by atoms with Gasteiger partial charge < -0.3 is 25.4 Å². The summed E-state index contributed by atoms with van der Waals surface area (Å²) >= 11 is 0. The molecular weight excluding hydrogens is 256 g/mol. The van der Waals surface area contributed by atoms with Gasteiger partial charge in [-0.3, -0.25) is 0 Å². The Morgan fingerprint density at radius 3 is 2.55 bits per heavy atom. The van der Waals surface area contributed by atoms with Crippen LogP contribution in [0.4, 0.5) is 11.4 Å². The molecule has 6 nitrogen and oxygen atoms in total. The van der Waals surface area contributed by atoms with Gasteiger partial charge in [-0.1, -0.05) is 0 Å². The number of aliphatic hydroxyl groups is 2. The van der Waals surface area contributed by atoms with Gasteiger partial charge >= 0.3 is 0 Å². The Morgan fingerprint density at radius 2 is 1.95 bits per heavy atom. The van der Waals surface area contributed by atoms with Gasteiger partial charge in [-0.15, -0.1) is 0 Å². The smallest absolute Gasteiger partial charge is 0.0949 e. The average Bonchev–Trinajstić information content (AvgIpc) is 2.92. The van der Waals surface area contributed by atoms with Gasteiger partial charge in [0.2, 0.25) is 0 Å². The molecule has 0 spiro atoms. The third-order valence-electron chi connectivity index (χ3n) is 3.10. The lowest BCUT2D eigenvalue weighted by atomic mass is 10.1. The first-order chi connectivity index (χ1) is 9.74. The molecule has 20 heavy (non-hydrogen) atoms. The van der Waals surface area contributed by atoms with E-state index in [2.05, 4.69) is 4.98 Å². The summed E-state index contributed by atoms with van der Waals surface area (Å²) in [5.74, 6) is 0. The fourth-order valence-corrected chi connectivity index (χ4v) is 2.21. The molecule has 108 valence electrons. The number of hydrogen-bond donors (Lipinski definition) is 3. The van der Waals surface area contributed by atoms with Crippen molar-refractivity contribution in [3.05, 3.63) is 42.5 Å². The number of nitrogen functional groups attached to an aromatic ring is 1. The van der Waals surface area contributed by atoms with Crippen molar-refractivity contribution >= 4 is 11.4 Å². The summed E-state index contributed by atoms with van der Waals surface area (Å²) in [7, 11) is 0. The Morgan fingerprint density at radius 1 is 1.20 bits per heavy atom. The highest BCUT2D eigenvalue weighted by Gasteiger charge is 2.11. The lowest BCUT2D eigenvalue weighted by Crippen LogP contribution is -2.30. The van der Waals surface area contributed by atoms with Gasteiger partial charge in [0.25, 0.3) is 0 Å². The first kappa shape index (κ1) is 14.4. The van der Waals surface area contributed by atoms with E-state index in [1.165, 1.54) is 0 Å². The van der Waals surface area contributed by atoms with E-state index in [-0.39, 0.29) is 13.2 Å². The van der Waals surface area contributed by atoms with Gasteiger partial charge in [0.1, 0.15) is 0 Å². The molecule has 4 N–H and O–H groups in total. The van der Waals surface area contributed by atoms with Crippen LogP contribution in [0, 0.1) is 0 Å². The first-order valence-electron chi connectivity index (χ1n) is 6.55. The highest BCUT2D eigenvalue weighted by atomic mass is 16.3. The van der Waals surface area contributed by atoms with Crippen LogP contribution >= 0.6 is 0 Å². The number of imidazole rings is 1. The second-order valence-electron chi connectivity index (χ2n) is 4.56. The summed E-state index contributed by atoms with van der Waals surface area (Å²) in [5, 5.41) is 18.3. The van der Waals surface area contributed by atoms with Crippen LogP contribution in [0.3, 0.4) is 0 Å². The molecule has 6 heteroatoms. The highest BCUT2D eigenvalue weighted by molar-refractivity contribution is 5.60. The van der Waals surface area contributed by atoms with Crippen molar-refractivity contribution in [3.63, 3.8) is 0 Å². The number of nitrogens with zero attached hydrogens (tertiary/aromatic N) is 3. The molecule has 0 aliphatic heterocycles. The van der Waals surface area contributed by atoms with E-state index in [1.807, 2.05) is 33.9 Å². The maximum Gasteiger partial charge on any atom is 0.0949 e. The number of aliphatic hydroxyl groups excluding tert-OH is 2. The SMILES string of the molecule is Nc1ccc(N(CCO)CCO)c(Cn2ccnc2)c1. The second kappa shape index (κ2) is 6.93. The number of nitrogens with two attached hydrogens (primary N) is 1. The Balaban J connectivity index is 2.30. The molecule has 0 aliphatic rings. The van der Waals surface area contributed by atoms with Crippen molar-refractivity contribution in [2.45, 2.75) is 6.54 Å². The van der Waals surface area contributed by atoms with Crippen LogP contribution in [0.25, 0.3) is 0 Å². The Labute approximate surface area is 118 Å². The quantitative estimate of drug-likeness (QED) is 0.633. The van der Waals surface area contributed by atoms with Crippen molar-refractivity contribution in [1.29, 1.82) is 0 Å². The minimum atomic E-state index is 0.0366. The Hall–Kier alpha value is -2.05. The standard InChI is InChI=1S/C14H20N4O2/c15-13-1-2-14(18(5-7-19)6-8-20)12(9-13)10-17-4-3-16-11-17/h1-4,9,11,19-20H,5-8,10,15H2. The molecule has 0 radical (unpaired) electrons. The third kappa shape index (κ3) is 3.49. The molecule has 2 rings (SSSR count). The minimum absolute atomic E-state index is 0.0366. The lowest BCUT2D eigenvalue weighted by molar-refractivity contribution is 0.281. The summed E-state index contributed by atoms with van der Waals surface area (Å²) < 4.78 is 1.95. The fraction of sp³-hybridized carbons (Fsp3) is 0.357. The van der Waals surface area contributed by atoms with Gasteiger partial charge in [-0.2, -0.15) is 0 Å². The van der Waals surface area contributed by atoms with Gasteiger partial charge in [0.05, 0.1) is 26.1 Å². The van der Waals surface area contributed by atoms with Gasteiger partial charge in [0.15, 0.2) is 0 Å². The average molecular weight is 276 g/mol. The molecule has 0 aliphatic carbocycles. The zero-order chi connectivity index (χ0) is 14.4. The van der Waals surface area contributed by atoms with E-state index >= 15 is 0 Å². The predicted molar refractivity (Wildman–Crippen MR) is 78.6 cm³/mol. The zero-order valence-corrected chi connectivity index (χ0v) is 11.3. The number of rotatable bonds is 7. The molecule has 0 atom stereocenters. The van der Waals surface area contributed by atoms with Crippen molar-refractivity contribution in [2.75, 3.05) is 36.9 Å². The molecule has 2 aromatic rings. The minimum Gasteiger partial charge on any atom is -0.399 e. The van der Waals surface area contributed by atoms with Crippen molar-refractivity contribution < 1.29 is 10.2 Å². The molecule has 0 saturated carbocycles. The second-order valence-corrected chi connectivity index (χ2v) is 4.56. The maximum absolute atomic E-state index is 9.16.